The molecule has 3 aromatic carbocycles. The largest absolute Gasteiger partial charge is 0.401 e. The first-order valence-electron chi connectivity index (χ1n) is 10.1. The Bertz CT molecular complexity index is 1110. The summed E-state index contributed by atoms with van der Waals surface area (Å²) in [6.07, 6.45) is 0. The quantitative estimate of drug-likeness (QED) is 0.491. The van der Waals surface area contributed by atoms with Crippen molar-refractivity contribution in [2.75, 3.05) is 0 Å². The third kappa shape index (κ3) is 4.13. The van der Waals surface area contributed by atoms with Gasteiger partial charge in [0, 0.05) is 0 Å². The van der Waals surface area contributed by atoms with Crippen LogP contribution in [-0.4, -0.2) is 5.97 Å². The molecule has 0 amide bonds. The monoisotopic (exact) mass is 420 g/mol. The van der Waals surface area contributed by atoms with E-state index in [-0.39, 0.29) is 0 Å². The first-order chi connectivity index (χ1) is 14.0. The molecule has 3 aromatic rings. The molecule has 0 saturated carbocycles. The SMILES string of the molecule is Cc1cc(C)c(C(=O)OP(=O)(c2cc(C)ccc2C)c2cc(C)ccc2C)c(C)c1. The number of benzene rings is 3. The Labute approximate surface area is 179 Å². The van der Waals surface area contributed by atoms with Gasteiger partial charge in [-0.05, 0) is 82.9 Å². The van der Waals surface area contributed by atoms with Crippen LogP contribution in [0.5, 0.6) is 0 Å². The smallest absolute Gasteiger partial charge is 0.344 e. The minimum atomic E-state index is -3.68. The summed E-state index contributed by atoms with van der Waals surface area (Å²) >= 11 is 0. The molecule has 0 unspecified atom stereocenters. The zero-order valence-corrected chi connectivity index (χ0v) is 19.7. The van der Waals surface area contributed by atoms with Crippen LogP contribution in [0.25, 0.3) is 0 Å². The second-order valence-electron chi connectivity index (χ2n) is 8.28. The van der Waals surface area contributed by atoms with Gasteiger partial charge >= 0.3 is 13.3 Å². The lowest BCUT2D eigenvalue weighted by atomic mass is 10.0. The van der Waals surface area contributed by atoms with E-state index in [1.807, 2.05) is 97.0 Å². The second kappa shape index (κ2) is 8.24. The number of aryl methyl sites for hydroxylation is 7. The van der Waals surface area contributed by atoms with Crippen molar-refractivity contribution in [2.24, 2.45) is 0 Å². The minimum absolute atomic E-state index is 0.483. The van der Waals surface area contributed by atoms with E-state index < -0.39 is 13.3 Å². The van der Waals surface area contributed by atoms with Crippen LogP contribution in [0, 0.1) is 48.5 Å². The summed E-state index contributed by atoms with van der Waals surface area (Å²) in [5, 5.41) is 1.15. The van der Waals surface area contributed by atoms with E-state index in [0.29, 0.717) is 16.2 Å². The van der Waals surface area contributed by atoms with Crippen LogP contribution in [-0.2, 0) is 9.09 Å². The van der Waals surface area contributed by atoms with Gasteiger partial charge in [0.15, 0.2) is 0 Å². The second-order valence-corrected chi connectivity index (χ2v) is 10.5. The van der Waals surface area contributed by atoms with E-state index in [9.17, 15) is 9.36 Å². The van der Waals surface area contributed by atoms with Crippen molar-refractivity contribution in [1.29, 1.82) is 0 Å². The Morgan fingerprint density at radius 3 is 1.50 bits per heavy atom. The van der Waals surface area contributed by atoms with Crippen LogP contribution in [0.3, 0.4) is 0 Å². The summed E-state index contributed by atoms with van der Waals surface area (Å²) < 4.78 is 20.6. The van der Waals surface area contributed by atoms with Crippen molar-refractivity contribution in [3.05, 3.63) is 93.0 Å². The molecular weight excluding hydrogens is 391 g/mol. The van der Waals surface area contributed by atoms with E-state index in [4.69, 9.17) is 4.52 Å². The van der Waals surface area contributed by atoms with Crippen LogP contribution in [0.15, 0.2) is 48.5 Å². The standard InChI is InChI=1S/C26H29O3P/c1-16-8-10-19(4)23(14-16)30(28,24-15-17(2)9-11-20(24)5)29-26(27)25-21(6)12-18(3)13-22(25)7/h8-15H,1-7H3. The van der Waals surface area contributed by atoms with Gasteiger partial charge in [-0.2, -0.15) is 0 Å². The highest BCUT2D eigenvalue weighted by Crippen LogP contribution is 2.48. The van der Waals surface area contributed by atoms with Crippen molar-refractivity contribution < 1.29 is 13.9 Å². The Hall–Kier alpha value is -2.64. The van der Waals surface area contributed by atoms with Crippen molar-refractivity contribution >= 4 is 23.9 Å². The van der Waals surface area contributed by atoms with E-state index in [2.05, 4.69) is 0 Å². The molecular formula is C26H29O3P. The Balaban J connectivity index is 2.23. The lowest BCUT2D eigenvalue weighted by Crippen LogP contribution is -2.25. The van der Waals surface area contributed by atoms with Crippen LogP contribution in [0.4, 0.5) is 0 Å². The Morgan fingerprint density at radius 1 is 0.633 bits per heavy atom. The van der Waals surface area contributed by atoms with Crippen molar-refractivity contribution in [2.45, 2.75) is 48.5 Å². The van der Waals surface area contributed by atoms with Crippen molar-refractivity contribution in [1.82, 2.24) is 0 Å². The van der Waals surface area contributed by atoms with Crippen LogP contribution in [0.2, 0.25) is 0 Å². The topological polar surface area (TPSA) is 43.4 Å². The van der Waals surface area contributed by atoms with Crippen LogP contribution < -0.4 is 10.6 Å². The molecule has 0 atom stereocenters. The van der Waals surface area contributed by atoms with Gasteiger partial charge in [0.25, 0.3) is 0 Å². The normalized spacial score (nSPS) is 11.4. The van der Waals surface area contributed by atoms with E-state index >= 15 is 0 Å². The average molecular weight is 420 g/mol. The lowest BCUT2D eigenvalue weighted by Gasteiger charge is -2.24. The maximum atomic E-state index is 14.6. The minimum Gasteiger partial charge on any atom is -0.401 e. The molecule has 30 heavy (non-hydrogen) atoms. The maximum absolute atomic E-state index is 14.6. The summed E-state index contributed by atoms with van der Waals surface area (Å²) in [6.45, 7) is 13.5. The third-order valence-corrected chi connectivity index (χ3v) is 8.11. The summed E-state index contributed by atoms with van der Waals surface area (Å²) in [7, 11) is -3.68. The third-order valence-electron chi connectivity index (χ3n) is 5.46. The molecule has 0 aromatic heterocycles. The molecule has 0 saturated heterocycles. The van der Waals surface area contributed by atoms with Gasteiger partial charge in [-0.3, -0.25) is 4.57 Å². The molecule has 0 radical (unpaired) electrons. The molecule has 0 bridgehead atoms. The molecule has 3 rings (SSSR count). The molecule has 0 N–H and O–H groups in total. The summed E-state index contributed by atoms with van der Waals surface area (Å²) in [4.78, 5) is 13.4. The predicted octanol–water partition coefficient (Wildman–Crippen LogP) is 5.93. The fraction of sp³-hybridized carbons (Fsp3) is 0.269. The molecule has 0 aliphatic carbocycles. The van der Waals surface area contributed by atoms with Gasteiger partial charge in [0.2, 0.25) is 0 Å². The Morgan fingerprint density at radius 2 is 1.07 bits per heavy atom. The lowest BCUT2D eigenvalue weighted by molar-refractivity contribution is 0.0745. The van der Waals surface area contributed by atoms with E-state index in [0.717, 1.165) is 38.9 Å². The Kier molecular flexibility index (Phi) is 6.06. The summed E-state index contributed by atoms with van der Waals surface area (Å²) in [5.41, 5.74) is 6.84. The summed E-state index contributed by atoms with van der Waals surface area (Å²) in [5.74, 6) is -0.546. The van der Waals surface area contributed by atoms with Gasteiger partial charge in [-0.1, -0.05) is 53.1 Å². The van der Waals surface area contributed by atoms with Gasteiger partial charge < -0.3 is 4.52 Å². The summed E-state index contributed by atoms with van der Waals surface area (Å²) in [6, 6.07) is 15.5. The zero-order valence-electron chi connectivity index (χ0n) is 18.8. The van der Waals surface area contributed by atoms with Crippen molar-refractivity contribution in [3.8, 4) is 0 Å². The van der Waals surface area contributed by atoms with Gasteiger partial charge in [0.05, 0.1) is 16.2 Å². The van der Waals surface area contributed by atoms with Crippen LogP contribution >= 0.6 is 7.37 Å². The maximum Gasteiger partial charge on any atom is 0.344 e. The van der Waals surface area contributed by atoms with Crippen LogP contribution in [0.1, 0.15) is 49.3 Å². The number of rotatable bonds is 4. The van der Waals surface area contributed by atoms with Gasteiger partial charge in [-0.25, -0.2) is 4.79 Å². The van der Waals surface area contributed by atoms with E-state index in [1.54, 1.807) is 0 Å². The molecule has 0 heterocycles. The molecule has 3 nitrogen and oxygen atoms in total. The number of carbonyl (C=O) groups excluding carboxylic acids is 1. The molecule has 0 aliphatic heterocycles. The number of hydrogen-bond donors (Lipinski definition) is 0. The number of hydrogen-bond acceptors (Lipinski definition) is 3. The van der Waals surface area contributed by atoms with Crippen molar-refractivity contribution in [3.63, 3.8) is 0 Å². The highest BCUT2D eigenvalue weighted by molar-refractivity contribution is 7.75. The van der Waals surface area contributed by atoms with Gasteiger partial charge in [-0.15, -0.1) is 0 Å². The molecule has 0 fully saturated rings. The first kappa shape index (κ1) is 22.1. The fourth-order valence-electron chi connectivity index (χ4n) is 3.97. The highest BCUT2D eigenvalue weighted by atomic mass is 31.2. The molecule has 0 spiro atoms. The molecule has 0 aliphatic rings. The molecule has 156 valence electrons. The first-order valence-corrected chi connectivity index (χ1v) is 11.7. The van der Waals surface area contributed by atoms with E-state index in [1.165, 1.54) is 0 Å². The molecule has 4 heteroatoms. The average Bonchev–Trinajstić information content (AvgIpc) is 2.64. The highest BCUT2D eigenvalue weighted by Gasteiger charge is 2.36. The fourth-order valence-corrected chi connectivity index (χ4v) is 6.57. The van der Waals surface area contributed by atoms with Gasteiger partial charge in [0.1, 0.15) is 0 Å². The number of carbonyl (C=O) groups is 1. The predicted molar refractivity (Wildman–Crippen MR) is 125 cm³/mol. The zero-order chi connectivity index (χ0) is 22.2.